The van der Waals surface area contributed by atoms with Gasteiger partial charge in [0.15, 0.2) is 0 Å². The third-order valence-electron chi connectivity index (χ3n) is 3.96. The Morgan fingerprint density at radius 2 is 0.667 bits per heavy atom. The van der Waals surface area contributed by atoms with Crippen molar-refractivity contribution in [2.75, 3.05) is 0 Å². The van der Waals surface area contributed by atoms with Crippen molar-refractivity contribution < 1.29 is 36.6 Å². The maximum absolute atomic E-state index is 12.0. The lowest BCUT2D eigenvalue weighted by molar-refractivity contribution is -0.206. The number of aliphatic hydroxyl groups is 2. The molecule has 2 nitrogen and oxygen atoms in total. The van der Waals surface area contributed by atoms with E-state index in [4.69, 9.17) is 10.2 Å². The number of hydrogen-bond donors (Lipinski definition) is 2. The lowest BCUT2D eigenvalue weighted by atomic mass is 10.0. The first kappa shape index (κ1) is 23.5. The second kappa shape index (κ2) is 12.0. The number of rotatable bonds is 13. The van der Waals surface area contributed by atoms with E-state index in [2.05, 4.69) is 0 Å². The monoisotopic (exact) mass is 366 g/mol. The van der Waals surface area contributed by atoms with Crippen LogP contribution >= 0.6 is 0 Å². The van der Waals surface area contributed by atoms with Gasteiger partial charge in [-0.25, -0.2) is 0 Å². The van der Waals surface area contributed by atoms with Gasteiger partial charge in [-0.2, -0.15) is 26.3 Å². The molecule has 2 unspecified atom stereocenters. The van der Waals surface area contributed by atoms with E-state index in [9.17, 15) is 26.3 Å². The van der Waals surface area contributed by atoms with Crippen molar-refractivity contribution in [3.63, 3.8) is 0 Å². The molecular weight excluding hydrogens is 338 g/mol. The first-order chi connectivity index (χ1) is 11.0. The number of aliphatic hydroxyl groups excluding tert-OH is 2. The summed E-state index contributed by atoms with van der Waals surface area (Å²) in [5, 5.41) is 17.6. The van der Waals surface area contributed by atoms with Gasteiger partial charge in [0.25, 0.3) is 0 Å². The van der Waals surface area contributed by atoms with Crippen LogP contribution in [0.5, 0.6) is 0 Å². The Labute approximate surface area is 139 Å². The van der Waals surface area contributed by atoms with Crippen LogP contribution in [0.15, 0.2) is 0 Å². The molecule has 0 aliphatic carbocycles. The summed E-state index contributed by atoms with van der Waals surface area (Å²) in [5.74, 6) is 0. The lowest BCUT2D eigenvalue weighted by Crippen LogP contribution is -2.28. The molecule has 0 bridgehead atoms. The molecule has 24 heavy (non-hydrogen) atoms. The molecule has 0 aliphatic rings. The quantitative estimate of drug-likeness (QED) is 0.333. The molecule has 0 amide bonds. The van der Waals surface area contributed by atoms with Crippen molar-refractivity contribution in [2.45, 2.75) is 102 Å². The van der Waals surface area contributed by atoms with Gasteiger partial charge in [0.05, 0.1) is 0 Å². The maximum Gasteiger partial charge on any atom is 0.414 e. The van der Waals surface area contributed by atoms with Crippen LogP contribution in [-0.4, -0.2) is 34.8 Å². The third kappa shape index (κ3) is 12.9. The van der Waals surface area contributed by atoms with Crippen molar-refractivity contribution in [1.29, 1.82) is 0 Å². The van der Waals surface area contributed by atoms with E-state index in [1.807, 2.05) is 0 Å². The van der Waals surface area contributed by atoms with Crippen LogP contribution in [0.1, 0.15) is 77.0 Å². The molecule has 0 saturated carbocycles. The minimum absolute atomic E-state index is 0.257. The van der Waals surface area contributed by atoms with Crippen LogP contribution < -0.4 is 0 Å². The standard InChI is InChI=1S/C16H28F6O2/c17-15(18,19)13(23)11-9-7-5-3-1-2-4-6-8-10-12-14(24)16(20,21)22/h13-14,23-24H,1-12H2. The average Bonchev–Trinajstić information content (AvgIpc) is 2.45. The largest absolute Gasteiger partial charge is 0.414 e. The fourth-order valence-electron chi connectivity index (χ4n) is 2.42. The molecule has 0 aromatic carbocycles. The predicted octanol–water partition coefficient (Wildman–Crippen LogP) is 5.51. The SMILES string of the molecule is OC(CCCCCCCCCCCCC(O)C(F)(F)F)C(F)(F)F. The molecule has 2 N–H and O–H groups in total. The Kier molecular flexibility index (Phi) is 11.7. The zero-order valence-corrected chi connectivity index (χ0v) is 13.8. The summed E-state index contributed by atoms with van der Waals surface area (Å²) in [4.78, 5) is 0. The molecule has 0 fully saturated rings. The second-order valence-electron chi connectivity index (χ2n) is 6.23. The summed E-state index contributed by atoms with van der Waals surface area (Å²) in [5.41, 5.74) is 0. The highest BCUT2D eigenvalue weighted by atomic mass is 19.4. The van der Waals surface area contributed by atoms with E-state index in [0.29, 0.717) is 25.7 Å². The van der Waals surface area contributed by atoms with Crippen LogP contribution in [-0.2, 0) is 0 Å². The summed E-state index contributed by atoms with van der Waals surface area (Å²) >= 11 is 0. The van der Waals surface area contributed by atoms with Gasteiger partial charge in [0.2, 0.25) is 0 Å². The van der Waals surface area contributed by atoms with E-state index in [-0.39, 0.29) is 12.8 Å². The lowest BCUT2D eigenvalue weighted by Gasteiger charge is -2.14. The summed E-state index contributed by atoms with van der Waals surface area (Å²) in [6.07, 6.45) is -6.65. The van der Waals surface area contributed by atoms with Gasteiger partial charge in [-0.1, -0.05) is 64.2 Å². The van der Waals surface area contributed by atoms with Crippen LogP contribution in [0.4, 0.5) is 26.3 Å². The number of alkyl halides is 6. The Morgan fingerprint density at radius 3 is 0.875 bits per heavy atom. The van der Waals surface area contributed by atoms with Crippen molar-refractivity contribution in [2.24, 2.45) is 0 Å². The Morgan fingerprint density at radius 1 is 0.458 bits per heavy atom. The molecule has 0 radical (unpaired) electrons. The van der Waals surface area contributed by atoms with Crippen molar-refractivity contribution >= 4 is 0 Å². The second-order valence-corrected chi connectivity index (χ2v) is 6.23. The first-order valence-corrected chi connectivity index (χ1v) is 8.54. The molecule has 0 saturated heterocycles. The highest BCUT2D eigenvalue weighted by Crippen LogP contribution is 2.25. The van der Waals surface area contributed by atoms with Gasteiger partial charge in [0.1, 0.15) is 12.2 Å². The number of halogens is 6. The van der Waals surface area contributed by atoms with Gasteiger partial charge in [-0.15, -0.1) is 0 Å². The van der Waals surface area contributed by atoms with Crippen LogP contribution in [0, 0.1) is 0 Å². The Balaban J connectivity index is 3.29. The summed E-state index contributed by atoms with van der Waals surface area (Å²) < 4.78 is 72.2. The van der Waals surface area contributed by atoms with Gasteiger partial charge < -0.3 is 10.2 Å². The predicted molar refractivity (Wildman–Crippen MR) is 79.5 cm³/mol. The van der Waals surface area contributed by atoms with E-state index >= 15 is 0 Å². The molecular formula is C16H28F6O2. The van der Waals surface area contributed by atoms with Gasteiger partial charge in [0, 0.05) is 0 Å². The molecule has 0 aliphatic heterocycles. The summed E-state index contributed by atoms with van der Waals surface area (Å²) in [6.45, 7) is 0. The minimum Gasteiger partial charge on any atom is -0.384 e. The van der Waals surface area contributed by atoms with Crippen LogP contribution in [0.3, 0.4) is 0 Å². The summed E-state index contributed by atoms with van der Waals surface area (Å²) in [7, 11) is 0. The molecule has 0 heterocycles. The zero-order chi connectivity index (χ0) is 18.6. The summed E-state index contributed by atoms with van der Waals surface area (Å²) in [6, 6.07) is 0. The molecule has 146 valence electrons. The number of unbranched alkanes of at least 4 members (excludes halogenated alkanes) is 9. The highest BCUT2D eigenvalue weighted by molar-refractivity contribution is 4.65. The van der Waals surface area contributed by atoms with Crippen molar-refractivity contribution in [1.82, 2.24) is 0 Å². The van der Waals surface area contributed by atoms with Crippen LogP contribution in [0.2, 0.25) is 0 Å². The van der Waals surface area contributed by atoms with E-state index in [1.54, 1.807) is 0 Å². The van der Waals surface area contributed by atoms with Crippen LogP contribution in [0.25, 0.3) is 0 Å². The molecule has 0 aromatic rings. The highest BCUT2D eigenvalue weighted by Gasteiger charge is 2.37. The smallest absolute Gasteiger partial charge is 0.384 e. The normalized spacial score (nSPS) is 15.5. The van der Waals surface area contributed by atoms with Crippen molar-refractivity contribution in [3.05, 3.63) is 0 Å². The fraction of sp³-hybridized carbons (Fsp3) is 1.00. The minimum atomic E-state index is -4.53. The van der Waals surface area contributed by atoms with E-state index in [0.717, 1.165) is 38.5 Å². The van der Waals surface area contributed by atoms with Crippen molar-refractivity contribution in [3.8, 4) is 0 Å². The number of hydrogen-bond acceptors (Lipinski definition) is 2. The molecule has 8 heteroatoms. The molecule has 0 aromatic heterocycles. The topological polar surface area (TPSA) is 40.5 Å². The third-order valence-corrected chi connectivity index (χ3v) is 3.96. The van der Waals surface area contributed by atoms with E-state index < -0.39 is 24.6 Å². The van der Waals surface area contributed by atoms with Gasteiger partial charge in [-0.3, -0.25) is 0 Å². The maximum atomic E-state index is 12.0. The Hall–Kier alpha value is -0.500. The van der Waals surface area contributed by atoms with E-state index in [1.165, 1.54) is 0 Å². The van der Waals surface area contributed by atoms with Gasteiger partial charge >= 0.3 is 12.4 Å². The Bertz CT molecular complexity index is 274. The van der Waals surface area contributed by atoms with Gasteiger partial charge in [-0.05, 0) is 12.8 Å². The first-order valence-electron chi connectivity index (χ1n) is 8.54. The average molecular weight is 366 g/mol. The fourth-order valence-corrected chi connectivity index (χ4v) is 2.42. The molecule has 2 atom stereocenters. The molecule has 0 spiro atoms. The zero-order valence-electron chi connectivity index (χ0n) is 13.8. The molecule has 0 rings (SSSR count).